The summed E-state index contributed by atoms with van der Waals surface area (Å²) in [4.78, 5) is 16.0. The number of methoxy groups -OCH3 is 1. The molecule has 0 atom stereocenters. The topological polar surface area (TPSA) is 32.8 Å². The van der Waals surface area contributed by atoms with Crippen molar-refractivity contribution in [3.05, 3.63) is 12.2 Å². The average molecular weight is 238 g/mol. The van der Waals surface area contributed by atoms with Gasteiger partial charge in [0.1, 0.15) is 0 Å². The zero-order chi connectivity index (χ0) is 12.1. The Morgan fingerprint density at radius 2 is 2.12 bits per heavy atom. The van der Waals surface area contributed by atoms with Crippen molar-refractivity contribution >= 4 is 5.97 Å². The molecule has 2 aliphatic rings. The summed E-state index contributed by atoms with van der Waals surface area (Å²) in [5, 5.41) is 0. The Labute approximate surface area is 103 Å². The summed E-state index contributed by atoms with van der Waals surface area (Å²) in [6.07, 6.45) is 7.44. The predicted molar refractivity (Wildman–Crippen MR) is 66.8 cm³/mol. The molecule has 1 saturated heterocycles. The number of ether oxygens (including phenoxy) is 1. The molecule has 2 rings (SSSR count). The van der Waals surface area contributed by atoms with Crippen LogP contribution in [0.25, 0.3) is 0 Å². The fourth-order valence-corrected chi connectivity index (χ4v) is 2.34. The average Bonchev–Trinajstić information content (AvgIpc) is 3.15. The van der Waals surface area contributed by atoms with Crippen LogP contribution in [0.4, 0.5) is 0 Å². The summed E-state index contributed by atoms with van der Waals surface area (Å²) in [6, 6.07) is 0.876. The van der Waals surface area contributed by atoms with Gasteiger partial charge in [-0.25, -0.2) is 4.79 Å². The Kier molecular flexibility index (Phi) is 4.57. The lowest BCUT2D eigenvalue weighted by molar-refractivity contribution is -0.134. The van der Waals surface area contributed by atoms with Crippen molar-refractivity contribution in [1.29, 1.82) is 0 Å². The van der Waals surface area contributed by atoms with Crippen molar-refractivity contribution < 1.29 is 9.53 Å². The van der Waals surface area contributed by atoms with Crippen LogP contribution >= 0.6 is 0 Å². The Morgan fingerprint density at radius 1 is 1.29 bits per heavy atom. The van der Waals surface area contributed by atoms with Crippen LogP contribution in [0.3, 0.4) is 0 Å². The van der Waals surface area contributed by atoms with Crippen molar-refractivity contribution in [2.24, 2.45) is 0 Å². The molecule has 1 aliphatic heterocycles. The van der Waals surface area contributed by atoms with Crippen LogP contribution in [0.2, 0.25) is 0 Å². The van der Waals surface area contributed by atoms with Gasteiger partial charge in [0, 0.05) is 31.8 Å². The number of hydrogen-bond acceptors (Lipinski definition) is 4. The molecule has 1 aliphatic carbocycles. The number of carbonyl (C=O) groups excluding carboxylic acids is 1. The van der Waals surface area contributed by atoms with Gasteiger partial charge in [0.25, 0.3) is 0 Å². The van der Waals surface area contributed by atoms with Crippen molar-refractivity contribution in [1.82, 2.24) is 9.80 Å². The Morgan fingerprint density at radius 3 is 2.82 bits per heavy atom. The molecule has 17 heavy (non-hydrogen) atoms. The Bertz CT molecular complexity index is 287. The molecule has 1 heterocycles. The first-order chi connectivity index (χ1) is 8.29. The van der Waals surface area contributed by atoms with E-state index in [2.05, 4.69) is 14.5 Å². The van der Waals surface area contributed by atoms with E-state index in [1.807, 2.05) is 6.08 Å². The van der Waals surface area contributed by atoms with E-state index in [0.29, 0.717) is 0 Å². The molecule has 0 aromatic heterocycles. The molecular weight excluding hydrogens is 216 g/mol. The summed E-state index contributed by atoms with van der Waals surface area (Å²) in [7, 11) is 1.41. The highest BCUT2D eigenvalue weighted by molar-refractivity contribution is 5.81. The second kappa shape index (κ2) is 6.17. The predicted octanol–water partition coefficient (Wildman–Crippen LogP) is 0.886. The van der Waals surface area contributed by atoms with Gasteiger partial charge in [0.05, 0.1) is 7.11 Å². The third kappa shape index (κ3) is 4.13. The van der Waals surface area contributed by atoms with E-state index in [1.165, 1.54) is 45.5 Å². The van der Waals surface area contributed by atoms with E-state index in [0.717, 1.165) is 25.7 Å². The van der Waals surface area contributed by atoms with E-state index >= 15 is 0 Å². The molecule has 0 aromatic carbocycles. The third-order valence-electron chi connectivity index (χ3n) is 3.51. The monoisotopic (exact) mass is 238 g/mol. The molecule has 0 bridgehead atoms. The molecular formula is C13H22N2O2. The lowest BCUT2D eigenvalue weighted by atomic mass is 10.3. The summed E-state index contributed by atoms with van der Waals surface area (Å²) < 4.78 is 4.57. The lowest BCUT2D eigenvalue weighted by Gasteiger charge is -2.20. The maximum Gasteiger partial charge on any atom is 0.330 e. The first kappa shape index (κ1) is 12.6. The number of carbonyl (C=O) groups is 1. The zero-order valence-electron chi connectivity index (χ0n) is 10.6. The number of hydrogen-bond donors (Lipinski definition) is 0. The van der Waals surface area contributed by atoms with Gasteiger partial charge in [-0.3, -0.25) is 9.80 Å². The molecule has 1 saturated carbocycles. The standard InChI is InChI=1S/C13H22N2O2/c1-17-13(16)4-2-7-14-8-3-9-15(11-10-14)12-5-6-12/h2,4,12H,3,5-11H2,1H3/b4-2+. The fraction of sp³-hybridized carbons (Fsp3) is 0.769. The maximum atomic E-state index is 10.9. The molecule has 0 radical (unpaired) electrons. The van der Waals surface area contributed by atoms with E-state index in [9.17, 15) is 4.79 Å². The maximum absolute atomic E-state index is 10.9. The zero-order valence-corrected chi connectivity index (χ0v) is 10.6. The van der Waals surface area contributed by atoms with Crippen LogP contribution in [0, 0.1) is 0 Å². The molecule has 96 valence electrons. The minimum absolute atomic E-state index is 0.264. The van der Waals surface area contributed by atoms with Gasteiger partial charge < -0.3 is 4.74 Å². The molecule has 0 spiro atoms. The second-order valence-corrected chi connectivity index (χ2v) is 4.85. The molecule has 4 heteroatoms. The van der Waals surface area contributed by atoms with Crippen LogP contribution < -0.4 is 0 Å². The van der Waals surface area contributed by atoms with Gasteiger partial charge >= 0.3 is 5.97 Å². The van der Waals surface area contributed by atoms with Gasteiger partial charge in [0.15, 0.2) is 0 Å². The smallest absolute Gasteiger partial charge is 0.330 e. The minimum atomic E-state index is -0.264. The largest absolute Gasteiger partial charge is 0.466 e. The van der Waals surface area contributed by atoms with Gasteiger partial charge in [-0.2, -0.15) is 0 Å². The minimum Gasteiger partial charge on any atom is -0.466 e. The van der Waals surface area contributed by atoms with Crippen molar-refractivity contribution in [2.45, 2.75) is 25.3 Å². The number of esters is 1. The van der Waals surface area contributed by atoms with Crippen LogP contribution in [0.15, 0.2) is 12.2 Å². The van der Waals surface area contributed by atoms with Crippen LogP contribution in [-0.2, 0) is 9.53 Å². The lowest BCUT2D eigenvalue weighted by Crippen LogP contribution is -2.32. The summed E-state index contributed by atoms with van der Waals surface area (Å²) in [5.74, 6) is -0.264. The highest BCUT2D eigenvalue weighted by atomic mass is 16.5. The molecule has 4 nitrogen and oxygen atoms in total. The molecule has 0 amide bonds. The van der Waals surface area contributed by atoms with E-state index in [-0.39, 0.29) is 5.97 Å². The Balaban J connectivity index is 1.70. The van der Waals surface area contributed by atoms with Gasteiger partial charge in [0.2, 0.25) is 0 Å². The molecule has 0 aromatic rings. The first-order valence-corrected chi connectivity index (χ1v) is 6.50. The normalized spacial score (nSPS) is 23.8. The highest BCUT2D eigenvalue weighted by Gasteiger charge is 2.29. The van der Waals surface area contributed by atoms with Crippen molar-refractivity contribution in [3.63, 3.8) is 0 Å². The SMILES string of the molecule is COC(=O)/C=C/CN1CCCN(C2CC2)CC1. The van der Waals surface area contributed by atoms with Crippen molar-refractivity contribution in [2.75, 3.05) is 39.8 Å². The van der Waals surface area contributed by atoms with Gasteiger partial charge in [-0.05, 0) is 32.4 Å². The van der Waals surface area contributed by atoms with Crippen LogP contribution in [-0.4, -0.2) is 61.6 Å². The summed E-state index contributed by atoms with van der Waals surface area (Å²) in [6.45, 7) is 5.52. The van der Waals surface area contributed by atoms with Crippen LogP contribution in [0.1, 0.15) is 19.3 Å². The number of rotatable bonds is 4. The third-order valence-corrected chi connectivity index (χ3v) is 3.51. The van der Waals surface area contributed by atoms with Crippen LogP contribution in [0.5, 0.6) is 0 Å². The van der Waals surface area contributed by atoms with Gasteiger partial charge in [-0.15, -0.1) is 0 Å². The van der Waals surface area contributed by atoms with E-state index < -0.39 is 0 Å². The highest BCUT2D eigenvalue weighted by Crippen LogP contribution is 2.27. The molecule has 0 unspecified atom stereocenters. The van der Waals surface area contributed by atoms with E-state index in [4.69, 9.17) is 0 Å². The molecule has 2 fully saturated rings. The Hall–Kier alpha value is -0.870. The summed E-state index contributed by atoms with van der Waals surface area (Å²) in [5.41, 5.74) is 0. The molecule has 0 N–H and O–H groups in total. The first-order valence-electron chi connectivity index (χ1n) is 6.50. The van der Waals surface area contributed by atoms with Crippen molar-refractivity contribution in [3.8, 4) is 0 Å². The fourth-order valence-electron chi connectivity index (χ4n) is 2.34. The second-order valence-electron chi connectivity index (χ2n) is 4.85. The van der Waals surface area contributed by atoms with Gasteiger partial charge in [-0.1, -0.05) is 6.08 Å². The number of nitrogens with zero attached hydrogens (tertiary/aromatic N) is 2. The quantitative estimate of drug-likeness (QED) is 0.538. The summed E-state index contributed by atoms with van der Waals surface area (Å²) >= 11 is 0. The van der Waals surface area contributed by atoms with E-state index in [1.54, 1.807) is 0 Å².